The van der Waals surface area contributed by atoms with Crippen molar-refractivity contribution in [2.24, 2.45) is 0 Å². The number of thioether (sulfide) groups is 1. The molecule has 174 valence electrons. The van der Waals surface area contributed by atoms with E-state index in [0.717, 1.165) is 32.9 Å². The summed E-state index contributed by atoms with van der Waals surface area (Å²) < 4.78 is 7.78. The van der Waals surface area contributed by atoms with Crippen molar-refractivity contribution in [2.45, 2.75) is 51.0 Å². The second-order valence-corrected chi connectivity index (χ2v) is 10.9. The van der Waals surface area contributed by atoms with Crippen molar-refractivity contribution in [1.82, 2.24) is 9.55 Å². The maximum absolute atomic E-state index is 14.0. The Morgan fingerprint density at radius 3 is 2.62 bits per heavy atom. The highest BCUT2D eigenvalue weighted by Gasteiger charge is 2.33. The molecule has 1 aliphatic rings. The Morgan fingerprint density at radius 2 is 1.91 bits per heavy atom. The molecule has 1 aliphatic heterocycles. The van der Waals surface area contributed by atoms with Crippen molar-refractivity contribution < 1.29 is 9.53 Å². The molecular formula is C27H26N2O3S2. The van der Waals surface area contributed by atoms with Crippen LogP contribution in [-0.4, -0.2) is 26.7 Å². The number of benzene rings is 2. The number of hydrogen-bond acceptors (Lipinski definition) is 6. The summed E-state index contributed by atoms with van der Waals surface area (Å²) in [6, 6.07) is 17.1. The molecule has 3 heterocycles. The Hall–Kier alpha value is -2.74. The maximum atomic E-state index is 14.0. The number of ether oxygens (including phenoxy) is 1. The molecule has 0 N–H and O–H groups in total. The average Bonchev–Trinajstić information content (AvgIpc) is 3.21. The largest absolute Gasteiger partial charge is 0.369 e. The molecule has 0 unspecified atom stereocenters. The second-order valence-electron chi connectivity index (χ2n) is 8.90. The number of thiophene rings is 1. The van der Waals surface area contributed by atoms with Gasteiger partial charge >= 0.3 is 0 Å². The van der Waals surface area contributed by atoms with Gasteiger partial charge in [-0.05, 0) is 38.0 Å². The zero-order valence-corrected chi connectivity index (χ0v) is 21.1. The van der Waals surface area contributed by atoms with Crippen LogP contribution in [0.2, 0.25) is 0 Å². The minimum atomic E-state index is -0.280. The molecule has 5 rings (SSSR count). The lowest BCUT2D eigenvalue weighted by Gasteiger charge is -2.32. The molecule has 2 aromatic heterocycles. The summed E-state index contributed by atoms with van der Waals surface area (Å²) >= 11 is 2.83. The quantitative estimate of drug-likeness (QED) is 0.189. The topological polar surface area (TPSA) is 61.2 Å². The summed E-state index contributed by atoms with van der Waals surface area (Å²) in [4.78, 5) is 33.5. The molecule has 0 radical (unpaired) electrons. The Kier molecular flexibility index (Phi) is 6.18. The molecule has 0 saturated heterocycles. The maximum Gasteiger partial charge on any atom is 0.267 e. The standard InChI is InChI=1S/C27H26N2O3S2/c1-4-27(3)14-20-22(15-32-27)34-24-23(20)25(31)29(19-12-10-17(2)11-13-19)26(28-24)33-16-21(30)18-8-6-5-7-9-18/h5-13H,4,14-16H2,1-3H3/t27-/m1/s1. The van der Waals surface area contributed by atoms with E-state index in [2.05, 4.69) is 13.8 Å². The van der Waals surface area contributed by atoms with Gasteiger partial charge in [-0.3, -0.25) is 14.2 Å². The Balaban J connectivity index is 1.62. The summed E-state index contributed by atoms with van der Waals surface area (Å²) in [5.74, 6) is 0.212. The lowest BCUT2D eigenvalue weighted by molar-refractivity contribution is -0.0543. The number of hydrogen-bond donors (Lipinski definition) is 0. The van der Waals surface area contributed by atoms with Gasteiger partial charge in [-0.2, -0.15) is 0 Å². The van der Waals surface area contributed by atoms with E-state index >= 15 is 0 Å². The molecule has 1 atom stereocenters. The van der Waals surface area contributed by atoms with Crippen LogP contribution in [-0.2, 0) is 17.8 Å². The molecule has 2 aromatic carbocycles. The minimum absolute atomic E-state index is 0.00740. The lowest BCUT2D eigenvalue weighted by Crippen LogP contribution is -2.34. The van der Waals surface area contributed by atoms with Crippen LogP contribution in [0.1, 0.15) is 46.6 Å². The van der Waals surface area contributed by atoms with Gasteiger partial charge in [-0.15, -0.1) is 11.3 Å². The van der Waals surface area contributed by atoms with Crippen LogP contribution in [0.4, 0.5) is 0 Å². The summed E-state index contributed by atoms with van der Waals surface area (Å²) in [5, 5.41) is 1.21. The molecule has 4 aromatic rings. The van der Waals surface area contributed by atoms with Crippen LogP contribution in [0.25, 0.3) is 15.9 Å². The highest BCUT2D eigenvalue weighted by atomic mass is 32.2. The monoisotopic (exact) mass is 490 g/mol. The number of nitrogens with zero attached hydrogens (tertiary/aromatic N) is 2. The molecule has 7 heteroatoms. The fourth-order valence-electron chi connectivity index (χ4n) is 4.18. The number of fused-ring (bicyclic) bond motifs is 3. The lowest BCUT2D eigenvalue weighted by atomic mass is 9.90. The van der Waals surface area contributed by atoms with E-state index in [-0.39, 0.29) is 22.7 Å². The van der Waals surface area contributed by atoms with Crippen molar-refractivity contribution in [3.8, 4) is 5.69 Å². The molecular weight excluding hydrogens is 464 g/mol. The molecule has 34 heavy (non-hydrogen) atoms. The Morgan fingerprint density at radius 1 is 1.18 bits per heavy atom. The number of aromatic nitrogens is 2. The van der Waals surface area contributed by atoms with E-state index in [9.17, 15) is 9.59 Å². The predicted molar refractivity (Wildman–Crippen MR) is 139 cm³/mol. The number of ketones is 1. The van der Waals surface area contributed by atoms with E-state index in [1.165, 1.54) is 23.1 Å². The summed E-state index contributed by atoms with van der Waals surface area (Å²) in [7, 11) is 0. The van der Waals surface area contributed by atoms with Crippen molar-refractivity contribution in [3.63, 3.8) is 0 Å². The fourth-order valence-corrected chi connectivity index (χ4v) is 6.24. The van der Waals surface area contributed by atoms with Crippen molar-refractivity contribution in [2.75, 3.05) is 5.75 Å². The van der Waals surface area contributed by atoms with Gasteiger partial charge < -0.3 is 4.74 Å². The molecule has 0 spiro atoms. The summed E-state index contributed by atoms with van der Waals surface area (Å²) in [6.45, 7) is 6.73. The van der Waals surface area contributed by atoms with Gasteiger partial charge in [-0.25, -0.2) is 4.98 Å². The van der Waals surface area contributed by atoms with Crippen molar-refractivity contribution in [1.29, 1.82) is 0 Å². The SMILES string of the molecule is CC[C@]1(C)Cc2c(sc3nc(SCC(=O)c4ccccc4)n(-c4ccc(C)cc4)c(=O)c23)CO1. The van der Waals surface area contributed by atoms with Crippen molar-refractivity contribution in [3.05, 3.63) is 86.5 Å². The number of Topliss-reactive ketones (excluding diaryl/α,β-unsaturated/α-hetero) is 1. The van der Waals surface area contributed by atoms with Gasteiger partial charge in [-0.1, -0.05) is 66.7 Å². The number of carbonyl (C=O) groups excluding carboxylic acids is 1. The van der Waals surface area contributed by atoms with E-state index in [1.807, 2.05) is 61.5 Å². The van der Waals surface area contributed by atoms with Crippen LogP contribution >= 0.6 is 23.1 Å². The van der Waals surface area contributed by atoms with Crippen molar-refractivity contribution >= 4 is 39.1 Å². The van der Waals surface area contributed by atoms with E-state index < -0.39 is 0 Å². The first-order valence-corrected chi connectivity index (χ1v) is 13.2. The minimum Gasteiger partial charge on any atom is -0.369 e. The zero-order chi connectivity index (χ0) is 23.9. The number of rotatable bonds is 6. The average molecular weight is 491 g/mol. The van der Waals surface area contributed by atoms with E-state index in [4.69, 9.17) is 9.72 Å². The van der Waals surface area contributed by atoms with Gasteiger partial charge in [0.15, 0.2) is 10.9 Å². The van der Waals surface area contributed by atoms with Gasteiger partial charge in [0, 0.05) is 16.9 Å². The van der Waals surface area contributed by atoms with Crippen LogP contribution in [0, 0.1) is 6.92 Å². The molecule has 5 nitrogen and oxygen atoms in total. The molecule has 0 aliphatic carbocycles. The third-order valence-corrected chi connectivity index (χ3v) is 8.49. The first-order valence-electron chi connectivity index (χ1n) is 11.4. The van der Waals surface area contributed by atoms with Gasteiger partial charge in [0.25, 0.3) is 5.56 Å². The van der Waals surface area contributed by atoms with Crippen LogP contribution < -0.4 is 5.56 Å². The van der Waals surface area contributed by atoms with Gasteiger partial charge in [0.2, 0.25) is 0 Å². The molecule has 0 bridgehead atoms. The first kappa shape index (κ1) is 23.0. The summed E-state index contributed by atoms with van der Waals surface area (Å²) in [5.41, 5.74) is 3.22. The van der Waals surface area contributed by atoms with E-state index in [1.54, 1.807) is 4.57 Å². The van der Waals surface area contributed by atoms with Crippen LogP contribution in [0.15, 0.2) is 64.5 Å². The third kappa shape index (κ3) is 4.24. The van der Waals surface area contributed by atoms with Crippen LogP contribution in [0.5, 0.6) is 0 Å². The summed E-state index contributed by atoms with van der Waals surface area (Å²) in [6.07, 6.45) is 1.57. The van der Waals surface area contributed by atoms with E-state index in [0.29, 0.717) is 29.1 Å². The third-order valence-electron chi connectivity index (χ3n) is 6.45. The Labute approximate surface area is 206 Å². The number of aryl methyl sites for hydroxylation is 1. The predicted octanol–water partition coefficient (Wildman–Crippen LogP) is 5.97. The normalized spacial score (nSPS) is 17.6. The smallest absolute Gasteiger partial charge is 0.267 e. The molecule has 0 saturated carbocycles. The first-order chi connectivity index (χ1) is 16.4. The highest BCUT2D eigenvalue weighted by molar-refractivity contribution is 7.99. The molecule has 0 amide bonds. The van der Waals surface area contributed by atoms with Gasteiger partial charge in [0.1, 0.15) is 4.83 Å². The second kappa shape index (κ2) is 9.13. The fraction of sp³-hybridized carbons (Fsp3) is 0.296. The Bertz CT molecular complexity index is 1420. The number of carbonyl (C=O) groups is 1. The molecule has 0 fully saturated rings. The van der Waals surface area contributed by atoms with Gasteiger partial charge in [0.05, 0.1) is 29.0 Å². The zero-order valence-electron chi connectivity index (χ0n) is 19.5. The van der Waals surface area contributed by atoms with Crippen LogP contribution in [0.3, 0.4) is 0 Å². The highest BCUT2D eigenvalue weighted by Crippen LogP contribution is 2.39.